The van der Waals surface area contributed by atoms with E-state index < -0.39 is 49.3 Å². The molecule has 1 aliphatic rings. The van der Waals surface area contributed by atoms with E-state index in [0.717, 1.165) is 12.2 Å². The average molecular weight is 902 g/mol. The molecule has 0 bridgehead atoms. The monoisotopic (exact) mass is 901 g/mol. The fourth-order valence-corrected chi connectivity index (χ4v) is 6.89. The summed E-state index contributed by atoms with van der Waals surface area (Å²) >= 11 is 0. The summed E-state index contributed by atoms with van der Waals surface area (Å²) < 4.78 is 47.6. The van der Waals surface area contributed by atoms with Crippen molar-refractivity contribution in [2.24, 2.45) is 5.92 Å². The summed E-state index contributed by atoms with van der Waals surface area (Å²) in [5.41, 5.74) is 1.49. The van der Waals surface area contributed by atoms with Crippen molar-refractivity contribution in [2.75, 3.05) is 98.9 Å². The highest BCUT2D eigenvalue weighted by Crippen LogP contribution is 2.42. The van der Waals surface area contributed by atoms with Crippen molar-refractivity contribution >= 4 is 49.1 Å². The molecule has 5 N–H and O–H groups in total. The van der Waals surface area contributed by atoms with Crippen molar-refractivity contribution in [3.8, 4) is 0 Å². The number of nitrogens with one attached hydrogen (secondary N) is 4. The van der Waals surface area contributed by atoms with E-state index in [-0.39, 0.29) is 123 Å². The van der Waals surface area contributed by atoms with Gasteiger partial charge >= 0.3 is 25.5 Å². The fraction of sp³-hybridized carbons (Fsp3) is 0.675. The van der Waals surface area contributed by atoms with Gasteiger partial charge in [0.05, 0.1) is 64.9 Å². The van der Waals surface area contributed by atoms with Gasteiger partial charge < -0.3 is 59.1 Å². The van der Waals surface area contributed by atoms with Crippen molar-refractivity contribution in [2.45, 2.75) is 71.6 Å². The van der Waals surface area contributed by atoms with E-state index in [0.29, 0.717) is 31.2 Å². The second-order valence-electron chi connectivity index (χ2n) is 14.4. The molecular formula is C40H64N5O16P. The van der Waals surface area contributed by atoms with Crippen molar-refractivity contribution < 1.29 is 76.0 Å². The minimum Gasteiger partial charge on any atom is -0.463 e. The Hall–Kier alpha value is -4.50. The van der Waals surface area contributed by atoms with E-state index >= 15 is 0 Å². The first kappa shape index (κ1) is 53.6. The van der Waals surface area contributed by atoms with Crippen LogP contribution in [0.25, 0.3) is 0 Å². The molecule has 0 aliphatic heterocycles. The van der Waals surface area contributed by atoms with Crippen LogP contribution in [0, 0.1) is 5.92 Å². The Morgan fingerprint density at radius 1 is 0.645 bits per heavy atom. The van der Waals surface area contributed by atoms with Crippen LogP contribution in [-0.2, 0) is 84.0 Å². The third-order valence-electron chi connectivity index (χ3n) is 9.03. The summed E-state index contributed by atoms with van der Waals surface area (Å²) in [5, 5.41) is 11.2. The van der Waals surface area contributed by atoms with Crippen LogP contribution in [0.15, 0.2) is 24.3 Å². The lowest BCUT2D eigenvalue weighted by atomic mass is 9.87. The number of esters is 3. The number of amides is 4. The SMILES string of the molecule is CC(=O)OCCOCCNC(=O)CN(CC(=O)NCCOCCOC(C)=O)[C@H](Cc1ccc(CNC(=O)C2CCC(OP(C)(=O)O)CC2)cc1)C(=O)NCCOCCOC(C)=O. The number of hydrogen-bond acceptors (Lipinski definition) is 16. The summed E-state index contributed by atoms with van der Waals surface area (Å²) in [5.74, 6) is -3.19. The zero-order valence-electron chi connectivity index (χ0n) is 36.1. The molecule has 4 amide bonds. The van der Waals surface area contributed by atoms with Gasteiger partial charge in [-0.05, 0) is 43.2 Å². The van der Waals surface area contributed by atoms with Crippen LogP contribution in [0.2, 0.25) is 0 Å². The first-order valence-corrected chi connectivity index (χ1v) is 22.6. The predicted octanol–water partition coefficient (Wildman–Crippen LogP) is -0.00580. The topological polar surface area (TPSA) is 273 Å². The molecule has 1 fully saturated rings. The highest BCUT2D eigenvalue weighted by Gasteiger charge is 2.31. The molecule has 0 saturated heterocycles. The fourth-order valence-electron chi connectivity index (χ4n) is 6.13. The van der Waals surface area contributed by atoms with Gasteiger partial charge in [-0.1, -0.05) is 24.3 Å². The van der Waals surface area contributed by atoms with Gasteiger partial charge in [0.25, 0.3) is 0 Å². The van der Waals surface area contributed by atoms with Crippen LogP contribution < -0.4 is 21.3 Å². The molecule has 1 saturated carbocycles. The van der Waals surface area contributed by atoms with Gasteiger partial charge in [0.1, 0.15) is 19.8 Å². The first-order chi connectivity index (χ1) is 29.5. The molecule has 1 aromatic rings. The largest absolute Gasteiger partial charge is 0.463 e. The van der Waals surface area contributed by atoms with Gasteiger partial charge in [-0.15, -0.1) is 0 Å². The lowest BCUT2D eigenvalue weighted by Gasteiger charge is -2.30. The molecule has 0 radical (unpaired) electrons. The van der Waals surface area contributed by atoms with Gasteiger partial charge in [0, 0.05) is 59.5 Å². The molecular weight excluding hydrogens is 837 g/mol. The van der Waals surface area contributed by atoms with E-state index in [9.17, 15) is 43.0 Å². The molecule has 22 heteroatoms. The number of carbonyl (C=O) groups is 7. The smallest absolute Gasteiger partial charge is 0.325 e. The maximum Gasteiger partial charge on any atom is 0.325 e. The molecule has 1 aromatic carbocycles. The lowest BCUT2D eigenvalue weighted by molar-refractivity contribution is -0.143. The Morgan fingerprint density at radius 3 is 1.52 bits per heavy atom. The number of rotatable bonds is 31. The Bertz CT molecular complexity index is 1560. The van der Waals surface area contributed by atoms with E-state index in [4.69, 9.17) is 32.9 Å². The summed E-state index contributed by atoms with van der Waals surface area (Å²) in [6, 6.07) is 6.15. The summed E-state index contributed by atoms with van der Waals surface area (Å²) in [4.78, 5) is 97.3. The van der Waals surface area contributed by atoms with Crippen LogP contribution in [0.3, 0.4) is 0 Å². The molecule has 2 atom stereocenters. The Labute approximate surface area is 362 Å². The zero-order valence-corrected chi connectivity index (χ0v) is 37.0. The highest BCUT2D eigenvalue weighted by molar-refractivity contribution is 7.51. The van der Waals surface area contributed by atoms with Crippen LogP contribution in [0.1, 0.15) is 57.6 Å². The molecule has 2 rings (SSSR count). The second-order valence-corrected chi connectivity index (χ2v) is 16.2. The molecule has 62 heavy (non-hydrogen) atoms. The second kappa shape index (κ2) is 30.5. The Morgan fingerprint density at radius 2 is 1.08 bits per heavy atom. The maximum absolute atomic E-state index is 13.9. The lowest BCUT2D eigenvalue weighted by Crippen LogP contribution is -2.54. The van der Waals surface area contributed by atoms with Gasteiger partial charge in [-0.3, -0.25) is 43.0 Å². The van der Waals surface area contributed by atoms with E-state index in [1.165, 1.54) is 25.7 Å². The van der Waals surface area contributed by atoms with Crippen LogP contribution in [-0.4, -0.2) is 162 Å². The van der Waals surface area contributed by atoms with E-state index in [1.54, 1.807) is 24.3 Å². The third kappa shape index (κ3) is 26.1. The minimum atomic E-state index is -3.61. The molecule has 0 spiro atoms. The minimum absolute atomic E-state index is 0.0456. The van der Waals surface area contributed by atoms with Crippen LogP contribution in [0.4, 0.5) is 0 Å². The maximum atomic E-state index is 13.9. The van der Waals surface area contributed by atoms with E-state index in [2.05, 4.69) is 21.3 Å². The molecule has 1 aliphatic carbocycles. The van der Waals surface area contributed by atoms with Crippen molar-refractivity contribution in [3.05, 3.63) is 35.4 Å². The number of nitrogens with zero attached hydrogens (tertiary/aromatic N) is 1. The normalized spacial score (nSPS) is 16.3. The standard InChI is InChI=1S/C40H64N5O16P/c1-29(46)58-22-19-55-16-13-41-37(49)27-45(28-38(50)42-14-17-56-20-23-59-30(2)47)36(40(52)43-15-18-57-21-24-60-31(3)48)25-32-5-7-33(8-6-32)26-44-39(51)34-9-11-35(12-10-34)61-62(4,53)54/h5-8,34-36H,9-28H2,1-4H3,(H,41,49)(H,42,50)(H,43,52)(H,44,51)(H,53,54)/t34?,35?,36-/m1/s1. The molecule has 0 heterocycles. The molecule has 1 unspecified atom stereocenters. The van der Waals surface area contributed by atoms with Gasteiger partial charge in [-0.2, -0.15) is 0 Å². The predicted molar refractivity (Wildman–Crippen MR) is 221 cm³/mol. The summed E-state index contributed by atoms with van der Waals surface area (Å²) in [7, 11) is -3.61. The summed E-state index contributed by atoms with van der Waals surface area (Å²) in [6.07, 6.45) is 1.79. The number of ether oxygens (including phenoxy) is 6. The summed E-state index contributed by atoms with van der Waals surface area (Å²) in [6.45, 7) is 5.64. The average Bonchev–Trinajstić information content (AvgIpc) is 3.20. The number of benzene rings is 1. The van der Waals surface area contributed by atoms with Gasteiger partial charge in [0.15, 0.2) is 0 Å². The Balaban J connectivity index is 2.15. The third-order valence-corrected chi connectivity index (χ3v) is 9.72. The van der Waals surface area contributed by atoms with Crippen LogP contribution in [0.5, 0.6) is 0 Å². The molecule has 0 aromatic heterocycles. The Kier molecular flexibility index (Phi) is 26.4. The first-order valence-electron chi connectivity index (χ1n) is 20.5. The van der Waals surface area contributed by atoms with Crippen LogP contribution >= 0.6 is 7.60 Å². The zero-order chi connectivity index (χ0) is 45.8. The van der Waals surface area contributed by atoms with E-state index in [1.807, 2.05) is 0 Å². The quantitative estimate of drug-likeness (QED) is 0.0284. The van der Waals surface area contributed by atoms with Gasteiger partial charge in [0.2, 0.25) is 23.6 Å². The highest BCUT2D eigenvalue weighted by atomic mass is 31.2. The van der Waals surface area contributed by atoms with Crippen molar-refractivity contribution in [1.29, 1.82) is 0 Å². The van der Waals surface area contributed by atoms with Crippen molar-refractivity contribution in [1.82, 2.24) is 26.2 Å². The number of hydrogen-bond donors (Lipinski definition) is 5. The van der Waals surface area contributed by atoms with Gasteiger partial charge in [-0.25, -0.2) is 0 Å². The van der Waals surface area contributed by atoms with Crippen molar-refractivity contribution in [3.63, 3.8) is 0 Å². The number of carbonyl (C=O) groups excluding carboxylic acids is 7. The molecule has 21 nitrogen and oxygen atoms in total. The molecule has 350 valence electrons.